The normalized spacial score (nSPS) is 22.0. The van der Waals surface area contributed by atoms with Crippen LogP contribution in [0.15, 0.2) is 51.9 Å². The van der Waals surface area contributed by atoms with Crippen molar-refractivity contribution in [1.29, 1.82) is 0 Å². The van der Waals surface area contributed by atoms with Crippen LogP contribution in [-0.2, 0) is 22.9 Å². The molecule has 1 aromatic carbocycles. The predicted octanol–water partition coefficient (Wildman–Crippen LogP) is 5.03. The third kappa shape index (κ3) is 3.63. The molecule has 2 atom stereocenters. The summed E-state index contributed by atoms with van der Waals surface area (Å²) in [4.78, 5) is 6.35. The zero-order valence-electron chi connectivity index (χ0n) is 16.4. The molecule has 0 amide bonds. The summed E-state index contributed by atoms with van der Waals surface area (Å²) in [5.74, 6) is 2.29. The van der Waals surface area contributed by atoms with Crippen molar-refractivity contribution in [3.63, 3.8) is 0 Å². The molecule has 8 heteroatoms. The minimum absolute atomic E-state index is 0.251. The van der Waals surface area contributed by atoms with Crippen LogP contribution in [0.2, 0.25) is 5.02 Å². The lowest BCUT2D eigenvalue weighted by molar-refractivity contribution is 0.524. The third-order valence-corrected chi connectivity index (χ3v) is 8.45. The smallest absolute Gasteiger partial charge is 0.204 e. The Morgan fingerprint density at radius 3 is 2.72 bits per heavy atom. The van der Waals surface area contributed by atoms with E-state index in [0.717, 1.165) is 38.8 Å². The average Bonchev–Trinajstić information content (AvgIpc) is 3.30. The van der Waals surface area contributed by atoms with Gasteiger partial charge < -0.3 is 10.2 Å². The highest BCUT2D eigenvalue weighted by Crippen LogP contribution is 2.45. The molecular formula is C21H22ClN3O2S2. The summed E-state index contributed by atoms with van der Waals surface area (Å²) in [6, 6.07) is 14.1. The maximum absolute atomic E-state index is 12.4. The summed E-state index contributed by atoms with van der Waals surface area (Å²) in [6.45, 7) is 4.00. The second kappa shape index (κ2) is 7.63. The molecule has 2 N–H and O–H groups in total. The molecule has 0 bridgehead atoms. The molecule has 0 fully saturated rings. The number of nitrogens with zero attached hydrogens (tertiary/aromatic N) is 2. The van der Waals surface area contributed by atoms with E-state index in [9.17, 15) is 4.21 Å². The first-order valence-electron chi connectivity index (χ1n) is 9.28. The summed E-state index contributed by atoms with van der Waals surface area (Å²) in [7, 11) is 0.425. The van der Waals surface area contributed by atoms with Crippen molar-refractivity contribution in [3.05, 3.63) is 58.1 Å². The molecule has 0 saturated carbocycles. The number of benzene rings is 1. The van der Waals surface area contributed by atoms with Gasteiger partial charge in [0, 0.05) is 19.0 Å². The summed E-state index contributed by atoms with van der Waals surface area (Å²) >= 11 is 8.10. The van der Waals surface area contributed by atoms with Gasteiger partial charge in [0.25, 0.3) is 0 Å². The number of guanidine groups is 1. The van der Waals surface area contributed by atoms with Crippen molar-refractivity contribution in [2.75, 3.05) is 12.8 Å². The van der Waals surface area contributed by atoms with E-state index in [2.05, 4.69) is 30.1 Å². The highest BCUT2D eigenvalue weighted by Gasteiger charge is 2.38. The van der Waals surface area contributed by atoms with E-state index in [1.807, 2.05) is 31.2 Å². The van der Waals surface area contributed by atoms with Crippen LogP contribution in [0, 0.1) is 0 Å². The number of hydrogen-bond acceptors (Lipinski definition) is 5. The Morgan fingerprint density at radius 1 is 1.34 bits per heavy atom. The molecule has 152 valence electrons. The zero-order valence-corrected chi connectivity index (χ0v) is 18.8. The number of furan rings is 1. The number of hydrogen-bond donors (Lipinski definition) is 1. The second-order valence-corrected chi connectivity index (χ2v) is 10.1. The van der Waals surface area contributed by atoms with Gasteiger partial charge in [0.2, 0.25) is 5.96 Å². The van der Waals surface area contributed by atoms with Crippen LogP contribution in [0.3, 0.4) is 0 Å². The van der Waals surface area contributed by atoms with Gasteiger partial charge in [-0.05, 0) is 24.6 Å². The first-order valence-corrected chi connectivity index (χ1v) is 11.7. The molecule has 29 heavy (non-hydrogen) atoms. The van der Waals surface area contributed by atoms with E-state index in [-0.39, 0.29) is 5.96 Å². The molecule has 1 aliphatic rings. The van der Waals surface area contributed by atoms with Crippen LogP contribution >= 0.6 is 22.9 Å². The van der Waals surface area contributed by atoms with Crippen LogP contribution in [0.4, 0.5) is 0 Å². The minimum atomic E-state index is -1.25. The predicted molar refractivity (Wildman–Crippen MR) is 122 cm³/mol. The molecular weight excluding hydrogens is 426 g/mol. The van der Waals surface area contributed by atoms with Gasteiger partial charge in [0.05, 0.1) is 20.5 Å². The van der Waals surface area contributed by atoms with Crippen LogP contribution in [0.1, 0.15) is 24.5 Å². The lowest BCUT2D eigenvalue weighted by atomic mass is 10.0. The SMILES string of the molecule is CCc1oc(-c2cc(Cl)c(C3(C)CS(=O)N(C)C(N)=N3)s2)cc1-c1ccccc1. The zero-order chi connectivity index (χ0) is 20.8. The number of aryl methyl sites for hydroxylation is 1. The highest BCUT2D eigenvalue weighted by atomic mass is 35.5. The van der Waals surface area contributed by atoms with E-state index in [1.54, 1.807) is 7.05 Å². The van der Waals surface area contributed by atoms with Crippen molar-refractivity contribution in [2.45, 2.75) is 25.8 Å². The molecule has 3 heterocycles. The number of aliphatic imine (C=N–C) groups is 1. The van der Waals surface area contributed by atoms with E-state index >= 15 is 0 Å². The lowest BCUT2D eigenvalue weighted by Gasteiger charge is -2.33. The van der Waals surface area contributed by atoms with E-state index < -0.39 is 16.5 Å². The fourth-order valence-electron chi connectivity index (χ4n) is 3.45. The molecule has 2 unspecified atom stereocenters. The standard InChI is InChI=1S/C21H22ClN3O2S2/c1-4-16-14(13-8-6-5-7-9-13)10-17(27-16)18-11-15(22)19(28-18)21(2)12-29(26)25(3)20(23)24-21/h5-11H,4,12H2,1-3H3,(H2,23,24). The minimum Gasteiger partial charge on any atom is -0.460 e. The Kier molecular flexibility index (Phi) is 5.31. The quantitative estimate of drug-likeness (QED) is 0.609. The molecule has 5 nitrogen and oxygen atoms in total. The fourth-order valence-corrected chi connectivity index (χ4v) is 6.25. The Bertz CT molecular complexity index is 1110. The summed E-state index contributed by atoms with van der Waals surface area (Å²) in [6.07, 6.45) is 0.792. The Labute approximate surface area is 181 Å². The van der Waals surface area contributed by atoms with Crippen LogP contribution in [0.25, 0.3) is 21.8 Å². The second-order valence-electron chi connectivity index (χ2n) is 7.16. The van der Waals surface area contributed by atoms with Crippen molar-refractivity contribution in [3.8, 4) is 21.8 Å². The molecule has 1 aliphatic heterocycles. The largest absolute Gasteiger partial charge is 0.460 e. The number of halogens is 1. The summed E-state index contributed by atoms with van der Waals surface area (Å²) in [5.41, 5.74) is 7.46. The molecule has 0 saturated heterocycles. The molecule has 3 aromatic rings. The van der Waals surface area contributed by atoms with Gasteiger partial charge in [-0.15, -0.1) is 11.3 Å². The molecule has 0 radical (unpaired) electrons. The lowest BCUT2D eigenvalue weighted by Crippen LogP contribution is -2.47. The van der Waals surface area contributed by atoms with Gasteiger partial charge in [0.1, 0.15) is 28.0 Å². The van der Waals surface area contributed by atoms with Gasteiger partial charge in [-0.1, -0.05) is 48.9 Å². The first kappa shape index (κ1) is 20.2. The van der Waals surface area contributed by atoms with E-state index in [4.69, 9.17) is 21.8 Å². The summed E-state index contributed by atoms with van der Waals surface area (Å²) < 4.78 is 20.1. The molecule has 2 aromatic heterocycles. The third-order valence-electron chi connectivity index (χ3n) is 5.03. The maximum atomic E-state index is 12.4. The number of rotatable bonds is 4. The van der Waals surface area contributed by atoms with E-state index in [0.29, 0.717) is 10.8 Å². The molecule has 4 rings (SSSR count). The number of thiophene rings is 1. The first-order chi connectivity index (χ1) is 13.8. The Balaban J connectivity index is 1.76. The Morgan fingerprint density at radius 2 is 2.07 bits per heavy atom. The van der Waals surface area contributed by atoms with Gasteiger partial charge in [0.15, 0.2) is 0 Å². The van der Waals surface area contributed by atoms with Crippen molar-refractivity contribution >= 4 is 39.9 Å². The molecule has 0 aliphatic carbocycles. The van der Waals surface area contributed by atoms with Crippen LogP contribution in [0.5, 0.6) is 0 Å². The van der Waals surface area contributed by atoms with Gasteiger partial charge in [-0.25, -0.2) is 9.20 Å². The molecule has 0 spiro atoms. The Hall–Kier alpha value is -2.09. The van der Waals surface area contributed by atoms with Crippen molar-refractivity contribution in [2.24, 2.45) is 10.7 Å². The number of nitrogens with two attached hydrogens (primary N) is 1. The van der Waals surface area contributed by atoms with Crippen molar-refractivity contribution < 1.29 is 8.63 Å². The topological polar surface area (TPSA) is 71.8 Å². The fraction of sp³-hybridized carbons (Fsp3) is 0.286. The van der Waals surface area contributed by atoms with Gasteiger partial charge >= 0.3 is 0 Å². The van der Waals surface area contributed by atoms with Crippen LogP contribution in [-0.4, -0.2) is 27.3 Å². The average molecular weight is 448 g/mol. The van der Waals surface area contributed by atoms with Gasteiger partial charge in [-0.3, -0.25) is 4.31 Å². The van der Waals surface area contributed by atoms with Crippen molar-refractivity contribution in [1.82, 2.24) is 4.31 Å². The monoisotopic (exact) mass is 447 g/mol. The van der Waals surface area contributed by atoms with E-state index in [1.165, 1.54) is 15.6 Å². The van der Waals surface area contributed by atoms with Crippen LogP contribution < -0.4 is 5.73 Å². The highest BCUT2D eigenvalue weighted by molar-refractivity contribution is 7.83. The summed E-state index contributed by atoms with van der Waals surface area (Å²) in [5, 5.41) is 0.585. The maximum Gasteiger partial charge on any atom is 0.204 e. The van der Waals surface area contributed by atoms with Gasteiger partial charge in [-0.2, -0.15) is 0 Å².